The normalized spacial score (nSPS) is 18.2. The maximum absolute atomic E-state index is 12.3. The van der Waals surface area contributed by atoms with Crippen molar-refractivity contribution in [2.75, 3.05) is 0 Å². The second-order valence-corrected chi connectivity index (χ2v) is 6.71. The van der Waals surface area contributed by atoms with E-state index in [0.717, 1.165) is 25.7 Å². The first-order chi connectivity index (χ1) is 9.80. The fourth-order valence-corrected chi connectivity index (χ4v) is 2.93. The van der Waals surface area contributed by atoms with Gasteiger partial charge in [0, 0.05) is 6.04 Å². The van der Waals surface area contributed by atoms with Gasteiger partial charge in [0.25, 0.3) is 5.91 Å². The summed E-state index contributed by atoms with van der Waals surface area (Å²) in [6, 6.07) is 4.48. The van der Waals surface area contributed by atoms with Crippen LogP contribution >= 0.6 is 11.6 Å². The Hall–Kier alpha value is -1.62. The molecule has 1 aromatic rings. The molecule has 1 amide bonds. The second kappa shape index (κ2) is 6.02. The molecular weight excluding hydrogens is 292 g/mol. The predicted octanol–water partition coefficient (Wildman–Crippen LogP) is 3.95. The number of rotatable bonds is 3. The van der Waals surface area contributed by atoms with Crippen LogP contribution in [-0.4, -0.2) is 16.9 Å². The zero-order chi connectivity index (χ0) is 15.6. The van der Waals surface area contributed by atoms with Crippen LogP contribution in [0.5, 0.6) is 0 Å². The largest absolute Gasteiger partial charge is 0.349 e. The molecule has 0 unspecified atom stereocenters. The first kappa shape index (κ1) is 15.8. The Morgan fingerprint density at radius 3 is 2.57 bits per heavy atom. The molecule has 21 heavy (non-hydrogen) atoms. The van der Waals surface area contributed by atoms with Crippen LogP contribution in [0.2, 0.25) is 5.02 Å². The third kappa shape index (κ3) is 3.73. The van der Waals surface area contributed by atoms with E-state index in [1.54, 1.807) is 6.07 Å². The molecule has 1 aliphatic carbocycles. The van der Waals surface area contributed by atoms with Crippen molar-refractivity contribution in [3.63, 3.8) is 0 Å². The molecule has 2 rings (SSSR count). The summed E-state index contributed by atoms with van der Waals surface area (Å²) in [7, 11) is 0. The number of nitro benzene ring substituents is 1. The van der Waals surface area contributed by atoms with Gasteiger partial charge in [-0.3, -0.25) is 14.9 Å². The summed E-state index contributed by atoms with van der Waals surface area (Å²) in [6.45, 7) is 4.43. The lowest BCUT2D eigenvalue weighted by atomic mass is 9.75. The lowest BCUT2D eigenvalue weighted by molar-refractivity contribution is -0.385. The van der Waals surface area contributed by atoms with Gasteiger partial charge in [0.2, 0.25) is 0 Å². The van der Waals surface area contributed by atoms with Crippen LogP contribution in [0.15, 0.2) is 18.2 Å². The van der Waals surface area contributed by atoms with Crippen molar-refractivity contribution in [1.29, 1.82) is 0 Å². The molecule has 1 fully saturated rings. The number of halogens is 1. The predicted molar refractivity (Wildman–Crippen MR) is 81.6 cm³/mol. The van der Waals surface area contributed by atoms with Crippen molar-refractivity contribution in [2.45, 2.75) is 45.6 Å². The van der Waals surface area contributed by atoms with Gasteiger partial charge in [-0.15, -0.1) is 0 Å². The van der Waals surface area contributed by atoms with Crippen molar-refractivity contribution in [3.8, 4) is 0 Å². The maximum atomic E-state index is 12.3. The van der Waals surface area contributed by atoms with Gasteiger partial charge in [-0.2, -0.15) is 0 Å². The summed E-state index contributed by atoms with van der Waals surface area (Å²) in [6.07, 6.45) is 3.87. The summed E-state index contributed by atoms with van der Waals surface area (Å²) in [5.41, 5.74) is 0.00801. The van der Waals surface area contributed by atoms with Crippen molar-refractivity contribution in [3.05, 3.63) is 38.9 Å². The Kier molecular flexibility index (Phi) is 4.52. The highest BCUT2D eigenvalue weighted by Gasteiger charge is 2.30. The minimum atomic E-state index is -0.610. The topological polar surface area (TPSA) is 72.2 Å². The molecule has 1 aliphatic rings. The Morgan fingerprint density at radius 1 is 1.38 bits per heavy atom. The van der Waals surface area contributed by atoms with Crippen LogP contribution in [-0.2, 0) is 0 Å². The molecule has 0 saturated heterocycles. The van der Waals surface area contributed by atoms with Gasteiger partial charge in [-0.1, -0.05) is 31.5 Å². The van der Waals surface area contributed by atoms with Crippen LogP contribution in [0.25, 0.3) is 0 Å². The summed E-state index contributed by atoms with van der Waals surface area (Å²) in [5, 5.41) is 13.9. The van der Waals surface area contributed by atoms with Crippen LogP contribution in [0.3, 0.4) is 0 Å². The molecule has 1 N–H and O–H groups in total. The van der Waals surface area contributed by atoms with Crippen LogP contribution in [0.1, 0.15) is 49.9 Å². The molecule has 1 saturated carbocycles. The molecule has 0 spiro atoms. The standard InChI is InChI=1S/C15H19ClN2O3/c1-15(2)8-6-10(7-9-15)17-14(19)11-4-3-5-12(16)13(11)18(20)21/h3-5,10H,6-9H2,1-2H3,(H,17,19). The van der Waals surface area contributed by atoms with Crippen LogP contribution < -0.4 is 5.32 Å². The average molecular weight is 311 g/mol. The quantitative estimate of drug-likeness (QED) is 0.678. The number of nitrogens with one attached hydrogen (secondary N) is 1. The summed E-state index contributed by atoms with van der Waals surface area (Å²) >= 11 is 5.83. The lowest BCUT2D eigenvalue weighted by Gasteiger charge is -2.34. The van der Waals surface area contributed by atoms with Crippen molar-refractivity contribution >= 4 is 23.2 Å². The number of carbonyl (C=O) groups excluding carboxylic acids is 1. The number of para-hydroxylation sites is 1. The van der Waals surface area contributed by atoms with Crippen molar-refractivity contribution in [2.24, 2.45) is 5.41 Å². The smallest absolute Gasteiger partial charge is 0.300 e. The number of benzene rings is 1. The number of nitro groups is 1. The molecule has 0 bridgehead atoms. The third-order valence-corrected chi connectivity index (χ3v) is 4.39. The van der Waals surface area contributed by atoms with Crippen LogP contribution in [0, 0.1) is 15.5 Å². The summed E-state index contributed by atoms with van der Waals surface area (Å²) in [4.78, 5) is 22.7. The highest BCUT2D eigenvalue weighted by atomic mass is 35.5. The Bertz CT molecular complexity index is 562. The van der Waals surface area contributed by atoms with E-state index in [-0.39, 0.29) is 22.3 Å². The molecular formula is C15H19ClN2O3. The van der Waals surface area contributed by atoms with E-state index in [2.05, 4.69) is 19.2 Å². The Balaban J connectivity index is 2.11. The highest BCUT2D eigenvalue weighted by Crippen LogP contribution is 2.35. The molecule has 0 aliphatic heterocycles. The minimum absolute atomic E-state index is 0.0163. The van der Waals surface area contributed by atoms with Gasteiger partial charge in [-0.05, 0) is 43.2 Å². The number of nitrogens with zero attached hydrogens (tertiary/aromatic N) is 1. The molecule has 1 aromatic carbocycles. The Morgan fingerprint density at radius 2 is 2.00 bits per heavy atom. The fraction of sp³-hybridized carbons (Fsp3) is 0.533. The molecule has 114 valence electrons. The summed E-state index contributed by atoms with van der Waals surface area (Å²) < 4.78 is 0. The monoisotopic (exact) mass is 310 g/mol. The molecule has 0 heterocycles. The van der Waals surface area contributed by atoms with Gasteiger partial charge in [-0.25, -0.2) is 0 Å². The first-order valence-electron chi connectivity index (χ1n) is 7.04. The number of hydrogen-bond donors (Lipinski definition) is 1. The maximum Gasteiger partial charge on any atom is 0.300 e. The number of amides is 1. The summed E-state index contributed by atoms with van der Waals surface area (Å²) in [5.74, 6) is -0.422. The van der Waals surface area contributed by atoms with E-state index in [0.29, 0.717) is 5.41 Å². The molecule has 0 radical (unpaired) electrons. The highest BCUT2D eigenvalue weighted by molar-refractivity contribution is 6.33. The minimum Gasteiger partial charge on any atom is -0.349 e. The van der Waals surface area contributed by atoms with Gasteiger partial charge in [0.1, 0.15) is 10.6 Å². The number of hydrogen-bond acceptors (Lipinski definition) is 3. The number of carbonyl (C=O) groups is 1. The average Bonchev–Trinajstić information content (AvgIpc) is 2.40. The molecule has 6 heteroatoms. The van der Waals surface area contributed by atoms with E-state index >= 15 is 0 Å². The Labute approximate surface area is 128 Å². The molecule has 5 nitrogen and oxygen atoms in total. The molecule has 0 atom stereocenters. The zero-order valence-electron chi connectivity index (χ0n) is 12.2. The van der Waals surface area contributed by atoms with Gasteiger partial charge >= 0.3 is 5.69 Å². The van der Waals surface area contributed by atoms with Gasteiger partial charge in [0.05, 0.1) is 4.92 Å². The van der Waals surface area contributed by atoms with Gasteiger partial charge < -0.3 is 5.32 Å². The van der Waals surface area contributed by atoms with Crippen molar-refractivity contribution in [1.82, 2.24) is 5.32 Å². The SMILES string of the molecule is CC1(C)CCC(NC(=O)c2cccc(Cl)c2[N+](=O)[O-])CC1. The zero-order valence-corrected chi connectivity index (χ0v) is 12.9. The van der Waals surface area contributed by atoms with E-state index in [1.807, 2.05) is 0 Å². The van der Waals surface area contributed by atoms with E-state index in [1.165, 1.54) is 12.1 Å². The first-order valence-corrected chi connectivity index (χ1v) is 7.42. The molecule has 0 aromatic heterocycles. The van der Waals surface area contributed by atoms with Crippen LogP contribution in [0.4, 0.5) is 5.69 Å². The van der Waals surface area contributed by atoms with Crippen molar-refractivity contribution < 1.29 is 9.72 Å². The fourth-order valence-electron chi connectivity index (χ4n) is 2.69. The lowest BCUT2D eigenvalue weighted by Crippen LogP contribution is -2.39. The van der Waals surface area contributed by atoms with E-state index in [4.69, 9.17) is 11.6 Å². The second-order valence-electron chi connectivity index (χ2n) is 6.31. The van der Waals surface area contributed by atoms with Gasteiger partial charge in [0.15, 0.2) is 0 Å². The van der Waals surface area contributed by atoms with E-state index in [9.17, 15) is 14.9 Å². The van der Waals surface area contributed by atoms with E-state index < -0.39 is 10.8 Å². The third-order valence-electron chi connectivity index (χ3n) is 4.09.